The number of carboxylic acids is 1. The van der Waals surface area contributed by atoms with Crippen molar-refractivity contribution >= 4 is 17.9 Å². The normalized spacial score (nSPS) is 14.0. The standard InChI is InChI=1S/C72H111NO8/c1-6-8-10-12-14-16-18-20-22-24-26-27-28-29-30-31-32-33-34-35-36-37-38-39-40-41-42-43-45-47-49-51-53-55-57-59-61-63-70(75)81-68(67-80-72(71(76)77)78-65-64-73(3,4)5)66-79-69(74)62-60-58-56-54-52-50-48-46-44-25-23-21-19-17-15-13-11-9-7-2/h8-11,14-17,20-23,26-27,29-30,32-33,35-36,38-39,41-42,44-47,50,52,68,72H,6-7,12-13,18-19,24-25,28,31,34,37,40,43,48-49,51,53-67H2,1-5H3/b10-8-,11-9-,16-14-,17-15-,22-20-,23-21-,27-26-,30-29-,33-32-,36-35-,39-38-,42-41-,46-44-,47-45-,52-50-. The number of allylic oxidation sites excluding steroid dienone is 30. The van der Waals surface area contributed by atoms with Crippen molar-refractivity contribution in [2.75, 3.05) is 47.5 Å². The van der Waals surface area contributed by atoms with Crippen LogP contribution in [0.25, 0.3) is 0 Å². The number of rotatable bonds is 54. The molecule has 0 fully saturated rings. The van der Waals surface area contributed by atoms with Gasteiger partial charge in [-0.2, -0.15) is 0 Å². The summed E-state index contributed by atoms with van der Waals surface area (Å²) in [6.07, 6.45) is 89.5. The van der Waals surface area contributed by atoms with Crippen LogP contribution in [0.4, 0.5) is 0 Å². The number of carbonyl (C=O) groups is 3. The summed E-state index contributed by atoms with van der Waals surface area (Å²) in [6.45, 7) is 4.42. The maximum Gasteiger partial charge on any atom is 0.306 e. The number of hydrogen-bond donors (Lipinski definition) is 0. The largest absolute Gasteiger partial charge is 0.545 e. The Bertz CT molecular complexity index is 1980. The number of aliphatic carboxylic acids is 1. The second-order valence-electron chi connectivity index (χ2n) is 20.9. The molecule has 0 aromatic heterocycles. The first-order chi connectivity index (χ1) is 39.6. The number of esters is 2. The highest BCUT2D eigenvalue weighted by molar-refractivity contribution is 5.70. The summed E-state index contributed by atoms with van der Waals surface area (Å²) in [5.41, 5.74) is 0. The second-order valence-corrected chi connectivity index (χ2v) is 20.9. The van der Waals surface area contributed by atoms with Crippen LogP contribution in [0.5, 0.6) is 0 Å². The van der Waals surface area contributed by atoms with Crippen molar-refractivity contribution in [2.24, 2.45) is 0 Å². The van der Waals surface area contributed by atoms with Gasteiger partial charge < -0.3 is 33.3 Å². The van der Waals surface area contributed by atoms with Gasteiger partial charge in [-0.1, -0.05) is 228 Å². The van der Waals surface area contributed by atoms with Crippen LogP contribution in [-0.2, 0) is 33.3 Å². The number of hydrogen-bond acceptors (Lipinski definition) is 8. The van der Waals surface area contributed by atoms with Crippen molar-refractivity contribution in [1.82, 2.24) is 0 Å². The molecule has 2 unspecified atom stereocenters. The van der Waals surface area contributed by atoms with Crippen LogP contribution >= 0.6 is 0 Å². The predicted molar refractivity (Wildman–Crippen MR) is 342 cm³/mol. The van der Waals surface area contributed by atoms with Crippen molar-refractivity contribution in [3.8, 4) is 0 Å². The van der Waals surface area contributed by atoms with Gasteiger partial charge in [0.05, 0.1) is 40.3 Å². The minimum absolute atomic E-state index is 0.128. The fourth-order valence-corrected chi connectivity index (χ4v) is 7.47. The molecule has 0 aromatic carbocycles. The lowest BCUT2D eigenvalue weighted by molar-refractivity contribution is -0.870. The summed E-state index contributed by atoms with van der Waals surface area (Å²) in [4.78, 5) is 37.3. The van der Waals surface area contributed by atoms with Gasteiger partial charge in [0.2, 0.25) is 0 Å². The SMILES string of the molecule is CC/C=C\C/C=C\C/C=C\C/C=C\C/C=C\C/C=C\C/C=C\C/C=C\C/C=C\C/C=C\CCCCCCCCC(=O)OC(COC(=O)CCCCC/C=C\C/C=C\C/C=C\C/C=C\C/C=C\CC)COC(OCC[N+](C)(C)C)C(=O)[O-]. The van der Waals surface area contributed by atoms with Gasteiger partial charge in [-0.15, -0.1) is 0 Å². The second kappa shape index (κ2) is 60.5. The zero-order chi connectivity index (χ0) is 59.1. The molecule has 0 saturated carbocycles. The van der Waals surface area contributed by atoms with Crippen molar-refractivity contribution < 1.29 is 42.9 Å². The average Bonchev–Trinajstić information content (AvgIpc) is 3.44. The van der Waals surface area contributed by atoms with E-state index >= 15 is 0 Å². The molecule has 0 saturated heterocycles. The van der Waals surface area contributed by atoms with Crippen LogP contribution in [0.1, 0.15) is 194 Å². The van der Waals surface area contributed by atoms with Crippen molar-refractivity contribution in [1.29, 1.82) is 0 Å². The number of carbonyl (C=O) groups excluding carboxylic acids is 3. The van der Waals surface area contributed by atoms with Gasteiger partial charge >= 0.3 is 11.9 Å². The Balaban J connectivity index is 4.32. The van der Waals surface area contributed by atoms with E-state index in [9.17, 15) is 19.5 Å². The molecule has 0 radical (unpaired) electrons. The zero-order valence-corrected chi connectivity index (χ0v) is 51.3. The van der Waals surface area contributed by atoms with E-state index in [1.807, 2.05) is 21.1 Å². The minimum atomic E-state index is -1.65. The topological polar surface area (TPSA) is 111 Å². The third kappa shape index (κ3) is 61.9. The molecule has 9 nitrogen and oxygen atoms in total. The number of nitrogens with zero attached hydrogens (tertiary/aromatic N) is 1. The molecule has 81 heavy (non-hydrogen) atoms. The molecular formula is C72H111NO8. The van der Waals surface area contributed by atoms with Gasteiger partial charge in [0.1, 0.15) is 13.2 Å². The Kier molecular flexibility index (Phi) is 56.3. The van der Waals surface area contributed by atoms with E-state index in [0.717, 1.165) is 154 Å². The maximum absolute atomic E-state index is 12.9. The highest BCUT2D eigenvalue weighted by Gasteiger charge is 2.22. The van der Waals surface area contributed by atoms with Gasteiger partial charge in [-0.25, -0.2) is 0 Å². The van der Waals surface area contributed by atoms with E-state index in [1.165, 1.54) is 0 Å². The van der Waals surface area contributed by atoms with E-state index in [2.05, 4.69) is 196 Å². The van der Waals surface area contributed by atoms with E-state index < -0.39 is 30.3 Å². The molecule has 0 aromatic rings. The lowest BCUT2D eigenvalue weighted by Crippen LogP contribution is -2.44. The van der Waals surface area contributed by atoms with Gasteiger partial charge in [0, 0.05) is 12.8 Å². The zero-order valence-electron chi connectivity index (χ0n) is 51.3. The number of carboxylic acid groups (broad SMARTS) is 1. The molecule has 0 aliphatic carbocycles. The van der Waals surface area contributed by atoms with Crippen LogP contribution in [0.2, 0.25) is 0 Å². The molecule has 2 atom stereocenters. The smallest absolute Gasteiger partial charge is 0.306 e. The van der Waals surface area contributed by atoms with Gasteiger partial charge in [-0.3, -0.25) is 9.59 Å². The fourth-order valence-electron chi connectivity index (χ4n) is 7.47. The van der Waals surface area contributed by atoms with Crippen molar-refractivity contribution in [3.05, 3.63) is 182 Å². The molecule has 0 aliphatic heterocycles. The first-order valence-corrected chi connectivity index (χ1v) is 30.9. The molecule has 452 valence electrons. The summed E-state index contributed by atoms with van der Waals surface area (Å²) in [5.74, 6) is -2.37. The monoisotopic (exact) mass is 1120 g/mol. The van der Waals surface area contributed by atoms with Gasteiger partial charge in [0.15, 0.2) is 12.4 Å². The Morgan fingerprint density at radius 2 is 0.667 bits per heavy atom. The molecule has 0 bridgehead atoms. The maximum atomic E-state index is 12.9. The Labute approximate surface area is 494 Å². The summed E-state index contributed by atoms with van der Waals surface area (Å²) in [5, 5.41) is 11.8. The summed E-state index contributed by atoms with van der Waals surface area (Å²) in [7, 11) is 5.89. The number of unbranched alkanes of at least 4 members (excludes halogenated alkanes) is 9. The first-order valence-electron chi connectivity index (χ1n) is 30.9. The summed E-state index contributed by atoms with van der Waals surface area (Å²) >= 11 is 0. The lowest BCUT2D eigenvalue weighted by Gasteiger charge is -2.26. The lowest BCUT2D eigenvalue weighted by atomic mass is 10.1. The van der Waals surface area contributed by atoms with Gasteiger partial charge in [0.25, 0.3) is 0 Å². The van der Waals surface area contributed by atoms with Crippen molar-refractivity contribution in [2.45, 2.75) is 206 Å². The van der Waals surface area contributed by atoms with Crippen molar-refractivity contribution in [3.63, 3.8) is 0 Å². The fraction of sp³-hybridized carbons (Fsp3) is 0.542. The van der Waals surface area contributed by atoms with Crippen LogP contribution < -0.4 is 5.11 Å². The average molecular weight is 1120 g/mol. The molecule has 0 amide bonds. The van der Waals surface area contributed by atoms with Crippen LogP contribution in [0.3, 0.4) is 0 Å². The van der Waals surface area contributed by atoms with Crippen LogP contribution in [0, 0.1) is 0 Å². The number of likely N-dealkylation sites (N-methyl/N-ethyl adjacent to an activating group) is 1. The number of quaternary nitrogens is 1. The quantitative estimate of drug-likeness (QED) is 0.0195. The number of ether oxygens (including phenoxy) is 4. The Morgan fingerprint density at radius 1 is 0.370 bits per heavy atom. The first kappa shape index (κ1) is 75.4. The van der Waals surface area contributed by atoms with Gasteiger partial charge in [-0.05, 0) is 135 Å². The molecule has 0 rings (SSSR count). The summed E-state index contributed by atoms with van der Waals surface area (Å²) in [6, 6.07) is 0. The Hall–Kier alpha value is -5.61. The summed E-state index contributed by atoms with van der Waals surface area (Å²) < 4.78 is 22.6. The highest BCUT2D eigenvalue weighted by atomic mass is 16.7. The molecule has 0 spiro atoms. The van der Waals surface area contributed by atoms with E-state index in [4.69, 9.17) is 18.9 Å². The molecule has 0 N–H and O–H groups in total. The van der Waals surface area contributed by atoms with E-state index in [-0.39, 0.29) is 32.7 Å². The third-order valence-electron chi connectivity index (χ3n) is 12.1. The van der Waals surface area contributed by atoms with Crippen LogP contribution in [-0.4, -0.2) is 82.3 Å². The molecule has 0 heterocycles. The van der Waals surface area contributed by atoms with Crippen LogP contribution in [0.15, 0.2) is 182 Å². The molecule has 9 heteroatoms. The van der Waals surface area contributed by atoms with E-state index in [0.29, 0.717) is 23.9 Å². The minimum Gasteiger partial charge on any atom is -0.545 e. The highest BCUT2D eigenvalue weighted by Crippen LogP contribution is 2.13. The third-order valence-corrected chi connectivity index (χ3v) is 12.1. The molecular weight excluding hydrogens is 1010 g/mol. The predicted octanol–water partition coefficient (Wildman–Crippen LogP) is 17.6. The Morgan fingerprint density at radius 3 is 1.00 bits per heavy atom. The molecule has 0 aliphatic rings. The van der Waals surface area contributed by atoms with E-state index in [1.54, 1.807) is 0 Å².